The molecule has 1 fully saturated rings. The fourth-order valence-corrected chi connectivity index (χ4v) is 6.77. The fourth-order valence-electron chi connectivity index (χ4n) is 5.08. The number of fused-ring (bicyclic) bond motifs is 1. The van der Waals surface area contributed by atoms with E-state index in [0.717, 1.165) is 4.57 Å². The summed E-state index contributed by atoms with van der Waals surface area (Å²) in [6.45, 7) is 9.47. The van der Waals surface area contributed by atoms with E-state index in [1.165, 1.54) is 62.6 Å². The Kier molecular flexibility index (Phi) is 8.30. The molecule has 10 nitrogen and oxygen atoms in total. The van der Waals surface area contributed by atoms with Crippen LogP contribution in [0.15, 0.2) is 65.1 Å². The van der Waals surface area contributed by atoms with Crippen molar-refractivity contribution in [1.82, 2.24) is 24.4 Å². The molecule has 4 heterocycles. The van der Waals surface area contributed by atoms with Crippen LogP contribution < -0.4 is 10.6 Å². The van der Waals surface area contributed by atoms with Crippen LogP contribution in [0.5, 0.6) is 0 Å². The van der Waals surface area contributed by atoms with Crippen molar-refractivity contribution in [2.75, 3.05) is 24.5 Å². The molecule has 5 rings (SSSR count). The summed E-state index contributed by atoms with van der Waals surface area (Å²) in [5, 5.41) is -0.443. The van der Waals surface area contributed by atoms with Crippen molar-refractivity contribution < 1.29 is 17.6 Å². The number of rotatable bonds is 6. The first kappa shape index (κ1) is 30.6. The highest BCUT2D eigenvalue weighted by Gasteiger charge is 2.31. The number of anilines is 1. The first-order chi connectivity index (χ1) is 20.4. The average Bonchev–Trinajstić information content (AvgIpc) is 2.96. The van der Waals surface area contributed by atoms with E-state index < -0.39 is 26.6 Å². The summed E-state index contributed by atoms with van der Waals surface area (Å²) in [6.07, 6.45) is 3.80. The number of amides is 1. The summed E-state index contributed by atoms with van der Waals surface area (Å²) in [4.78, 5) is 42.6. The molecule has 1 aromatic carbocycles. The summed E-state index contributed by atoms with van der Waals surface area (Å²) in [5.41, 5.74) is -1.07. The molecule has 1 aliphatic heterocycles. The molecule has 43 heavy (non-hydrogen) atoms. The molecular weight excluding hydrogens is 618 g/mol. The lowest BCUT2D eigenvalue weighted by Gasteiger charge is -2.40. The Labute approximate surface area is 257 Å². The maximum atomic E-state index is 15.1. The van der Waals surface area contributed by atoms with Gasteiger partial charge < -0.3 is 9.80 Å². The highest BCUT2D eigenvalue weighted by atomic mass is 35.5. The second-order valence-corrected chi connectivity index (χ2v) is 13.6. The van der Waals surface area contributed by atoms with Crippen LogP contribution >= 0.6 is 23.2 Å². The summed E-state index contributed by atoms with van der Waals surface area (Å²) in [6, 6.07) is 6.64. The second-order valence-electron chi connectivity index (χ2n) is 10.3. The molecular formula is C29H27Cl2FN6O4S. The molecule has 0 unspecified atom stereocenters. The summed E-state index contributed by atoms with van der Waals surface area (Å²) < 4.78 is 42.8. The largest absolute Gasteiger partial charge is 0.355 e. The van der Waals surface area contributed by atoms with E-state index in [1.807, 2.05) is 11.8 Å². The molecule has 1 aliphatic rings. The molecule has 0 saturated carbocycles. The number of sulfone groups is 1. The zero-order chi connectivity index (χ0) is 31.2. The van der Waals surface area contributed by atoms with Gasteiger partial charge >= 0.3 is 5.69 Å². The Morgan fingerprint density at radius 3 is 2.56 bits per heavy atom. The zero-order valence-corrected chi connectivity index (χ0v) is 25.8. The third-order valence-electron chi connectivity index (χ3n) is 7.32. The second kappa shape index (κ2) is 11.7. The summed E-state index contributed by atoms with van der Waals surface area (Å²) in [7, 11) is -3.90. The van der Waals surface area contributed by atoms with E-state index in [1.54, 1.807) is 4.90 Å². The van der Waals surface area contributed by atoms with Gasteiger partial charge in [-0.15, -0.1) is 0 Å². The lowest BCUT2D eigenvalue weighted by atomic mass is 10.1. The molecule has 1 saturated heterocycles. The number of hydrogen-bond donors (Lipinski definition) is 0. The van der Waals surface area contributed by atoms with Crippen molar-refractivity contribution in [3.05, 3.63) is 81.7 Å². The quantitative estimate of drug-likeness (QED) is 0.277. The van der Waals surface area contributed by atoms with Crippen molar-refractivity contribution in [2.45, 2.75) is 37.0 Å². The normalized spacial score (nSPS) is 15.7. The van der Waals surface area contributed by atoms with Crippen molar-refractivity contribution in [3.63, 3.8) is 0 Å². The van der Waals surface area contributed by atoms with E-state index in [4.69, 9.17) is 23.2 Å². The number of hydrogen-bond acceptors (Lipinski definition) is 8. The topological polar surface area (TPSA) is 118 Å². The van der Waals surface area contributed by atoms with Crippen molar-refractivity contribution in [2.24, 2.45) is 0 Å². The van der Waals surface area contributed by atoms with E-state index in [0.29, 0.717) is 25.0 Å². The van der Waals surface area contributed by atoms with Crippen LogP contribution in [0, 0.1) is 5.82 Å². The van der Waals surface area contributed by atoms with Crippen molar-refractivity contribution in [1.29, 1.82) is 0 Å². The lowest BCUT2D eigenvalue weighted by molar-refractivity contribution is -0.126. The maximum Gasteiger partial charge on any atom is 0.355 e. The highest BCUT2D eigenvalue weighted by molar-refractivity contribution is 7.92. The molecule has 1 atom stereocenters. The predicted molar refractivity (Wildman–Crippen MR) is 164 cm³/mol. The molecule has 224 valence electrons. The highest BCUT2D eigenvalue weighted by Crippen LogP contribution is 2.38. The number of nitrogens with zero attached hydrogens (tertiary/aromatic N) is 6. The van der Waals surface area contributed by atoms with Gasteiger partial charge in [0.25, 0.3) is 0 Å². The monoisotopic (exact) mass is 644 g/mol. The molecule has 14 heteroatoms. The van der Waals surface area contributed by atoms with Crippen LogP contribution in [0.3, 0.4) is 0 Å². The molecule has 0 radical (unpaired) electrons. The number of carbonyl (C=O) groups excluding carboxylic acids is 1. The van der Waals surface area contributed by atoms with E-state index in [-0.39, 0.29) is 55.3 Å². The van der Waals surface area contributed by atoms with Gasteiger partial charge in [-0.25, -0.2) is 27.2 Å². The molecule has 0 spiro atoms. The van der Waals surface area contributed by atoms with Gasteiger partial charge in [-0.05, 0) is 51.1 Å². The predicted octanol–water partition coefficient (Wildman–Crippen LogP) is 4.69. The summed E-state index contributed by atoms with van der Waals surface area (Å²) in [5.74, 6) is -0.677. The van der Waals surface area contributed by atoms with Crippen molar-refractivity contribution in [3.8, 4) is 16.9 Å². The molecule has 0 N–H and O–H groups in total. The Morgan fingerprint density at radius 1 is 1.16 bits per heavy atom. The standard InChI is InChI=1S/C29H27Cl2FN6O4S/c1-5-24(39)36-11-12-37(17(4)15-36)27-18-13-20(31)26(25-19(30)7-6-8-21(25)32)34-28(18)38(29(40)35-27)22-14-33-10-9-23(22)43(41,42)16(2)3/h5-10,13-14,16-17H,1,11-12,15H2,2-4H3/t17-/m0/s1. The third-order valence-corrected chi connectivity index (χ3v) is 10.1. The Hall–Kier alpha value is -3.87. The van der Waals surface area contributed by atoms with Gasteiger partial charge in [-0.2, -0.15) is 4.98 Å². The van der Waals surface area contributed by atoms with Gasteiger partial charge in [0.05, 0.1) is 48.7 Å². The Bertz CT molecular complexity index is 1930. The lowest BCUT2D eigenvalue weighted by Crippen LogP contribution is -2.54. The van der Waals surface area contributed by atoms with Crippen LogP contribution in [-0.2, 0) is 14.6 Å². The zero-order valence-electron chi connectivity index (χ0n) is 23.5. The summed E-state index contributed by atoms with van der Waals surface area (Å²) >= 11 is 13.1. The van der Waals surface area contributed by atoms with Gasteiger partial charge in [0, 0.05) is 31.9 Å². The van der Waals surface area contributed by atoms with Crippen LogP contribution in [0.4, 0.5) is 10.2 Å². The Morgan fingerprint density at radius 2 is 1.91 bits per heavy atom. The number of piperazine rings is 1. The van der Waals surface area contributed by atoms with E-state index >= 15 is 4.39 Å². The fraction of sp³-hybridized carbons (Fsp3) is 0.276. The molecule has 4 aromatic rings. The van der Waals surface area contributed by atoms with Crippen LogP contribution in [-0.4, -0.2) is 69.7 Å². The van der Waals surface area contributed by atoms with Crippen LogP contribution in [0.25, 0.3) is 28.0 Å². The van der Waals surface area contributed by atoms with Gasteiger partial charge in [0.2, 0.25) is 5.91 Å². The van der Waals surface area contributed by atoms with Crippen molar-refractivity contribution >= 4 is 55.8 Å². The SMILES string of the molecule is C=CC(=O)N1CCN(c2nc(=O)n(-c3cnccc3S(=O)(=O)C(C)C)c3nc(-c4c(F)cccc4Cl)c(Cl)cc23)[C@@H](C)C1. The number of benzene rings is 1. The minimum Gasteiger partial charge on any atom is -0.350 e. The van der Waals surface area contributed by atoms with E-state index in [9.17, 15) is 18.0 Å². The van der Waals surface area contributed by atoms with Gasteiger partial charge in [0.15, 0.2) is 15.5 Å². The number of carbonyl (C=O) groups is 1. The van der Waals surface area contributed by atoms with E-state index in [2.05, 4.69) is 21.5 Å². The Balaban J connectivity index is 1.84. The first-order valence-corrected chi connectivity index (χ1v) is 15.6. The maximum absolute atomic E-state index is 15.1. The molecule has 3 aromatic heterocycles. The smallest absolute Gasteiger partial charge is 0.350 e. The minimum absolute atomic E-state index is 0.0290. The molecule has 0 aliphatic carbocycles. The van der Waals surface area contributed by atoms with Crippen LogP contribution in [0.1, 0.15) is 20.8 Å². The number of aromatic nitrogens is 4. The van der Waals surface area contributed by atoms with Gasteiger partial charge in [0.1, 0.15) is 11.6 Å². The average molecular weight is 646 g/mol. The molecule has 0 bridgehead atoms. The molecule has 1 amide bonds. The first-order valence-electron chi connectivity index (χ1n) is 13.3. The van der Waals surface area contributed by atoms with Gasteiger partial charge in [-0.1, -0.05) is 35.8 Å². The minimum atomic E-state index is -3.90. The number of pyridine rings is 2. The number of halogens is 3. The van der Waals surface area contributed by atoms with Crippen LogP contribution in [0.2, 0.25) is 10.0 Å². The van der Waals surface area contributed by atoms with Gasteiger partial charge in [-0.3, -0.25) is 9.78 Å². The third kappa shape index (κ3) is 5.39.